The SMILES string of the molecule is COC(=O)c1ccc(Nc2nc(C)cc(NCc3ccccn3)n2)cc1. The fourth-order valence-electron chi connectivity index (χ4n) is 2.34. The third kappa shape index (κ3) is 4.54. The number of hydrogen-bond donors (Lipinski definition) is 2. The Kier molecular flexibility index (Phi) is 5.38. The average molecular weight is 349 g/mol. The van der Waals surface area contributed by atoms with Crippen molar-refractivity contribution < 1.29 is 9.53 Å². The van der Waals surface area contributed by atoms with Gasteiger partial charge in [0.2, 0.25) is 5.95 Å². The lowest BCUT2D eigenvalue weighted by atomic mass is 10.2. The van der Waals surface area contributed by atoms with E-state index in [-0.39, 0.29) is 5.97 Å². The predicted molar refractivity (Wildman–Crippen MR) is 99.4 cm³/mol. The van der Waals surface area contributed by atoms with Gasteiger partial charge in [-0.3, -0.25) is 4.98 Å². The van der Waals surface area contributed by atoms with Crippen LogP contribution in [0.2, 0.25) is 0 Å². The summed E-state index contributed by atoms with van der Waals surface area (Å²) in [6.07, 6.45) is 1.76. The molecule has 7 heteroatoms. The van der Waals surface area contributed by atoms with E-state index < -0.39 is 0 Å². The van der Waals surface area contributed by atoms with Gasteiger partial charge < -0.3 is 15.4 Å². The third-order valence-corrected chi connectivity index (χ3v) is 3.59. The first-order chi connectivity index (χ1) is 12.6. The van der Waals surface area contributed by atoms with Crippen LogP contribution in [0.5, 0.6) is 0 Å². The van der Waals surface area contributed by atoms with E-state index in [2.05, 4.69) is 25.6 Å². The zero-order valence-corrected chi connectivity index (χ0v) is 14.6. The van der Waals surface area contributed by atoms with Crippen molar-refractivity contribution in [1.29, 1.82) is 0 Å². The zero-order chi connectivity index (χ0) is 18.4. The second-order valence-corrected chi connectivity index (χ2v) is 5.59. The molecule has 0 bridgehead atoms. The third-order valence-electron chi connectivity index (χ3n) is 3.59. The number of benzene rings is 1. The van der Waals surface area contributed by atoms with Crippen LogP contribution in [0.25, 0.3) is 0 Å². The molecule has 3 aromatic rings. The van der Waals surface area contributed by atoms with Gasteiger partial charge in [0.25, 0.3) is 0 Å². The number of carbonyl (C=O) groups excluding carboxylic acids is 1. The van der Waals surface area contributed by atoms with Crippen LogP contribution in [-0.2, 0) is 11.3 Å². The topological polar surface area (TPSA) is 89.0 Å². The van der Waals surface area contributed by atoms with Gasteiger partial charge in [0.1, 0.15) is 5.82 Å². The quantitative estimate of drug-likeness (QED) is 0.660. The monoisotopic (exact) mass is 349 g/mol. The summed E-state index contributed by atoms with van der Waals surface area (Å²) in [6, 6.07) is 14.6. The van der Waals surface area contributed by atoms with Crippen LogP contribution in [0, 0.1) is 6.92 Å². The smallest absolute Gasteiger partial charge is 0.337 e. The molecular formula is C19H19N5O2. The lowest BCUT2D eigenvalue weighted by molar-refractivity contribution is 0.0601. The fourth-order valence-corrected chi connectivity index (χ4v) is 2.34. The van der Waals surface area contributed by atoms with Crippen molar-refractivity contribution in [3.05, 3.63) is 71.7 Å². The molecule has 0 spiro atoms. The largest absolute Gasteiger partial charge is 0.465 e. The lowest BCUT2D eigenvalue weighted by Crippen LogP contribution is -2.06. The molecule has 0 radical (unpaired) electrons. The van der Waals surface area contributed by atoms with Gasteiger partial charge in [0, 0.05) is 23.6 Å². The van der Waals surface area contributed by atoms with Crippen LogP contribution in [0.15, 0.2) is 54.7 Å². The van der Waals surface area contributed by atoms with Crippen LogP contribution in [-0.4, -0.2) is 28.0 Å². The minimum absolute atomic E-state index is 0.371. The molecule has 0 saturated carbocycles. The van der Waals surface area contributed by atoms with E-state index in [9.17, 15) is 4.79 Å². The Hall–Kier alpha value is -3.48. The Labute approximate surface area is 151 Å². The Morgan fingerprint density at radius 2 is 1.92 bits per heavy atom. The summed E-state index contributed by atoms with van der Waals surface area (Å²) in [6.45, 7) is 2.48. The van der Waals surface area contributed by atoms with Gasteiger partial charge in [-0.25, -0.2) is 9.78 Å². The Morgan fingerprint density at radius 3 is 2.62 bits per heavy atom. The van der Waals surface area contributed by atoms with Crippen molar-refractivity contribution in [1.82, 2.24) is 15.0 Å². The number of nitrogens with one attached hydrogen (secondary N) is 2. The molecule has 0 aliphatic carbocycles. The van der Waals surface area contributed by atoms with E-state index in [4.69, 9.17) is 4.74 Å². The van der Waals surface area contributed by atoms with Gasteiger partial charge in [-0.15, -0.1) is 0 Å². The maximum atomic E-state index is 11.5. The molecule has 3 rings (SSSR count). The van der Waals surface area contributed by atoms with E-state index in [0.29, 0.717) is 23.9 Å². The highest BCUT2D eigenvalue weighted by molar-refractivity contribution is 5.89. The van der Waals surface area contributed by atoms with Crippen LogP contribution in [0.3, 0.4) is 0 Å². The molecule has 132 valence electrons. The molecule has 26 heavy (non-hydrogen) atoms. The van der Waals surface area contributed by atoms with Gasteiger partial charge in [0.15, 0.2) is 0 Å². The van der Waals surface area contributed by atoms with Crippen molar-refractivity contribution in [3.8, 4) is 0 Å². The van der Waals surface area contributed by atoms with Gasteiger partial charge in [-0.2, -0.15) is 4.98 Å². The summed E-state index contributed by atoms with van der Waals surface area (Å²) >= 11 is 0. The number of ether oxygens (including phenoxy) is 1. The van der Waals surface area contributed by atoms with Crippen molar-refractivity contribution in [2.45, 2.75) is 13.5 Å². The highest BCUT2D eigenvalue weighted by Crippen LogP contribution is 2.17. The number of pyridine rings is 1. The van der Waals surface area contributed by atoms with Crippen molar-refractivity contribution in [2.75, 3.05) is 17.7 Å². The van der Waals surface area contributed by atoms with E-state index >= 15 is 0 Å². The zero-order valence-electron chi connectivity index (χ0n) is 14.6. The van der Waals surface area contributed by atoms with Gasteiger partial charge in [-0.05, 0) is 43.3 Å². The molecule has 2 N–H and O–H groups in total. The second-order valence-electron chi connectivity index (χ2n) is 5.59. The number of carbonyl (C=O) groups is 1. The highest BCUT2D eigenvalue weighted by atomic mass is 16.5. The lowest BCUT2D eigenvalue weighted by Gasteiger charge is -2.10. The Bertz CT molecular complexity index is 882. The molecule has 2 aromatic heterocycles. The second kappa shape index (κ2) is 8.06. The van der Waals surface area contributed by atoms with Crippen molar-refractivity contribution in [2.24, 2.45) is 0 Å². The molecule has 0 aliphatic rings. The average Bonchev–Trinajstić information content (AvgIpc) is 2.67. The summed E-state index contributed by atoms with van der Waals surface area (Å²) in [7, 11) is 1.36. The number of aromatic nitrogens is 3. The number of aryl methyl sites for hydroxylation is 1. The van der Waals surface area contributed by atoms with Gasteiger partial charge in [-0.1, -0.05) is 6.07 Å². The number of methoxy groups -OCH3 is 1. The molecule has 0 amide bonds. The number of anilines is 3. The van der Waals surface area contributed by atoms with Crippen molar-refractivity contribution >= 4 is 23.4 Å². The van der Waals surface area contributed by atoms with E-state index in [1.807, 2.05) is 31.2 Å². The standard InChI is InChI=1S/C19H19N5O2/c1-13-11-17(21-12-16-5-3-4-10-20-16)24-19(22-13)23-15-8-6-14(7-9-15)18(25)26-2/h3-11H,12H2,1-2H3,(H2,21,22,23,24). The molecule has 7 nitrogen and oxygen atoms in total. The van der Waals surface area contributed by atoms with Crippen molar-refractivity contribution in [3.63, 3.8) is 0 Å². The Morgan fingerprint density at radius 1 is 1.12 bits per heavy atom. The van der Waals surface area contributed by atoms with E-state index in [0.717, 1.165) is 17.1 Å². The minimum atomic E-state index is -0.371. The molecule has 0 aliphatic heterocycles. The first-order valence-electron chi connectivity index (χ1n) is 8.09. The number of rotatable bonds is 6. The van der Waals surface area contributed by atoms with Crippen LogP contribution in [0.1, 0.15) is 21.7 Å². The van der Waals surface area contributed by atoms with E-state index in [1.54, 1.807) is 30.5 Å². The minimum Gasteiger partial charge on any atom is -0.465 e. The molecule has 2 heterocycles. The molecular weight excluding hydrogens is 330 g/mol. The first-order valence-corrected chi connectivity index (χ1v) is 8.09. The predicted octanol–water partition coefficient (Wildman–Crippen LogP) is 3.32. The van der Waals surface area contributed by atoms with Gasteiger partial charge >= 0.3 is 5.97 Å². The van der Waals surface area contributed by atoms with Crippen LogP contribution in [0.4, 0.5) is 17.5 Å². The summed E-state index contributed by atoms with van der Waals surface area (Å²) in [5.41, 5.74) is 3.02. The summed E-state index contributed by atoms with van der Waals surface area (Å²) in [5, 5.41) is 6.38. The number of nitrogens with zero attached hydrogens (tertiary/aromatic N) is 3. The molecule has 0 fully saturated rings. The molecule has 0 atom stereocenters. The van der Waals surface area contributed by atoms with Crippen LogP contribution >= 0.6 is 0 Å². The maximum Gasteiger partial charge on any atom is 0.337 e. The summed E-state index contributed by atoms with van der Waals surface area (Å²) < 4.78 is 4.69. The van der Waals surface area contributed by atoms with Crippen LogP contribution < -0.4 is 10.6 Å². The highest BCUT2D eigenvalue weighted by Gasteiger charge is 2.06. The van der Waals surface area contributed by atoms with Gasteiger partial charge in [0.05, 0.1) is 24.9 Å². The first kappa shape index (κ1) is 17.3. The number of hydrogen-bond acceptors (Lipinski definition) is 7. The molecule has 0 saturated heterocycles. The summed E-state index contributed by atoms with van der Waals surface area (Å²) in [5.74, 6) is 0.806. The maximum absolute atomic E-state index is 11.5. The normalized spacial score (nSPS) is 10.2. The molecule has 0 unspecified atom stereocenters. The summed E-state index contributed by atoms with van der Waals surface area (Å²) in [4.78, 5) is 24.6. The Balaban J connectivity index is 1.70. The molecule has 1 aromatic carbocycles. The number of esters is 1. The van der Waals surface area contributed by atoms with E-state index in [1.165, 1.54) is 7.11 Å². The fraction of sp³-hybridized carbons (Fsp3) is 0.158.